The maximum atomic E-state index is 11.4. The van der Waals surface area contributed by atoms with Crippen molar-refractivity contribution >= 4 is 11.6 Å². The van der Waals surface area contributed by atoms with Crippen molar-refractivity contribution in [3.05, 3.63) is 24.3 Å². The highest BCUT2D eigenvalue weighted by Crippen LogP contribution is 2.26. The molecule has 0 aromatic heterocycles. The fourth-order valence-electron chi connectivity index (χ4n) is 1.33. The van der Waals surface area contributed by atoms with Gasteiger partial charge >= 0.3 is 0 Å². The number of rotatable bonds is 1. The van der Waals surface area contributed by atoms with Crippen molar-refractivity contribution in [3.63, 3.8) is 0 Å². The number of allylic oxidation sites excluding steroid dienone is 2. The van der Waals surface area contributed by atoms with Crippen LogP contribution in [0.2, 0.25) is 0 Å². The first-order chi connectivity index (χ1) is 5.57. The SMILES string of the molecule is C=C1C(=C)C(=O)C(CC)CC1=O. The molecule has 2 nitrogen and oxygen atoms in total. The minimum atomic E-state index is -0.157. The monoisotopic (exact) mass is 164 g/mol. The summed E-state index contributed by atoms with van der Waals surface area (Å²) < 4.78 is 0. The van der Waals surface area contributed by atoms with Crippen molar-refractivity contribution in [1.29, 1.82) is 0 Å². The Balaban J connectivity index is 2.92. The zero-order valence-electron chi connectivity index (χ0n) is 7.22. The number of ketones is 2. The topological polar surface area (TPSA) is 34.1 Å². The Labute approximate surface area is 72.0 Å². The summed E-state index contributed by atoms with van der Waals surface area (Å²) in [6, 6.07) is 0. The van der Waals surface area contributed by atoms with Gasteiger partial charge in [-0.1, -0.05) is 20.1 Å². The average Bonchev–Trinajstić information content (AvgIpc) is 2.08. The molecule has 2 heteroatoms. The molecule has 0 radical (unpaired) electrons. The summed E-state index contributed by atoms with van der Waals surface area (Å²) in [5.74, 6) is -0.205. The van der Waals surface area contributed by atoms with E-state index in [1.54, 1.807) is 0 Å². The Bertz CT molecular complexity index is 274. The summed E-state index contributed by atoms with van der Waals surface area (Å²) in [6.45, 7) is 8.98. The second-order valence-corrected chi connectivity index (χ2v) is 3.05. The van der Waals surface area contributed by atoms with Crippen LogP contribution in [-0.4, -0.2) is 11.6 Å². The van der Waals surface area contributed by atoms with Crippen LogP contribution in [0.3, 0.4) is 0 Å². The van der Waals surface area contributed by atoms with Gasteiger partial charge in [-0.05, 0) is 6.42 Å². The van der Waals surface area contributed by atoms with Gasteiger partial charge in [-0.15, -0.1) is 0 Å². The third-order valence-corrected chi connectivity index (χ3v) is 2.29. The Morgan fingerprint density at radius 1 is 1.33 bits per heavy atom. The van der Waals surface area contributed by atoms with E-state index in [1.807, 2.05) is 6.92 Å². The van der Waals surface area contributed by atoms with Crippen LogP contribution in [-0.2, 0) is 9.59 Å². The summed E-state index contributed by atoms with van der Waals surface area (Å²) in [5, 5.41) is 0. The van der Waals surface area contributed by atoms with Gasteiger partial charge in [0.25, 0.3) is 0 Å². The highest BCUT2D eigenvalue weighted by molar-refractivity contribution is 6.17. The summed E-state index contributed by atoms with van der Waals surface area (Å²) in [6.07, 6.45) is 1.02. The molecule has 0 aromatic carbocycles. The predicted molar refractivity (Wildman–Crippen MR) is 46.7 cm³/mol. The van der Waals surface area contributed by atoms with Crippen LogP contribution < -0.4 is 0 Å². The lowest BCUT2D eigenvalue weighted by Crippen LogP contribution is -2.27. The lowest BCUT2D eigenvalue weighted by Gasteiger charge is -2.21. The normalized spacial score (nSPS) is 24.9. The predicted octanol–water partition coefficient (Wildman–Crippen LogP) is 1.67. The van der Waals surface area contributed by atoms with Gasteiger partial charge in [0.15, 0.2) is 11.6 Å². The molecular formula is C10H12O2. The van der Waals surface area contributed by atoms with Gasteiger partial charge in [0, 0.05) is 23.5 Å². The van der Waals surface area contributed by atoms with E-state index in [4.69, 9.17) is 0 Å². The van der Waals surface area contributed by atoms with Crippen LogP contribution in [0, 0.1) is 5.92 Å². The largest absolute Gasteiger partial charge is 0.294 e. The summed E-state index contributed by atoms with van der Waals surface area (Å²) in [7, 11) is 0. The van der Waals surface area contributed by atoms with Crippen LogP contribution in [0.5, 0.6) is 0 Å². The zero-order chi connectivity index (χ0) is 9.30. The van der Waals surface area contributed by atoms with Crippen molar-refractivity contribution in [2.24, 2.45) is 5.92 Å². The first-order valence-electron chi connectivity index (χ1n) is 4.03. The number of hydrogen-bond acceptors (Lipinski definition) is 2. The molecular weight excluding hydrogens is 152 g/mol. The molecule has 64 valence electrons. The second-order valence-electron chi connectivity index (χ2n) is 3.05. The second kappa shape index (κ2) is 3.05. The van der Waals surface area contributed by atoms with Gasteiger partial charge in [0.05, 0.1) is 0 Å². The quantitative estimate of drug-likeness (QED) is 0.552. The lowest BCUT2D eigenvalue weighted by molar-refractivity contribution is -0.126. The first-order valence-corrected chi connectivity index (χ1v) is 4.03. The number of hydrogen-bond donors (Lipinski definition) is 0. The van der Waals surface area contributed by atoms with Crippen molar-refractivity contribution in [2.75, 3.05) is 0 Å². The van der Waals surface area contributed by atoms with E-state index in [0.29, 0.717) is 24.0 Å². The molecule has 1 unspecified atom stereocenters. The van der Waals surface area contributed by atoms with Crippen LogP contribution in [0.4, 0.5) is 0 Å². The van der Waals surface area contributed by atoms with Crippen LogP contribution in [0.15, 0.2) is 24.3 Å². The van der Waals surface area contributed by atoms with E-state index in [2.05, 4.69) is 13.2 Å². The van der Waals surface area contributed by atoms with Crippen molar-refractivity contribution in [3.8, 4) is 0 Å². The van der Waals surface area contributed by atoms with E-state index in [1.165, 1.54) is 0 Å². The fourth-order valence-corrected chi connectivity index (χ4v) is 1.33. The third kappa shape index (κ3) is 1.24. The Kier molecular flexibility index (Phi) is 2.27. The minimum absolute atomic E-state index is 0.0119. The van der Waals surface area contributed by atoms with Gasteiger partial charge in [-0.3, -0.25) is 9.59 Å². The standard InChI is InChI=1S/C10H12O2/c1-4-8-5-9(11)6(2)7(3)10(8)12/h8H,2-5H2,1H3. The summed E-state index contributed by atoms with van der Waals surface area (Å²) in [4.78, 5) is 22.6. The van der Waals surface area contributed by atoms with Gasteiger partial charge in [-0.25, -0.2) is 0 Å². The maximum absolute atomic E-state index is 11.4. The molecule has 0 bridgehead atoms. The summed E-state index contributed by atoms with van der Waals surface area (Å²) in [5.41, 5.74) is 0.600. The molecule has 1 rings (SSSR count). The highest BCUT2D eigenvalue weighted by atomic mass is 16.1. The van der Waals surface area contributed by atoms with E-state index >= 15 is 0 Å². The molecule has 12 heavy (non-hydrogen) atoms. The molecule has 1 fully saturated rings. The molecule has 1 aliphatic rings. The minimum Gasteiger partial charge on any atom is -0.294 e. The molecule has 1 aliphatic carbocycles. The third-order valence-electron chi connectivity index (χ3n) is 2.29. The van der Waals surface area contributed by atoms with Crippen molar-refractivity contribution in [2.45, 2.75) is 19.8 Å². The molecule has 1 atom stereocenters. The lowest BCUT2D eigenvalue weighted by atomic mass is 9.80. The molecule has 0 N–H and O–H groups in total. The Hall–Kier alpha value is -1.18. The first kappa shape index (κ1) is 8.91. The molecule has 0 spiro atoms. The van der Waals surface area contributed by atoms with Gasteiger partial charge in [-0.2, -0.15) is 0 Å². The zero-order valence-corrected chi connectivity index (χ0v) is 7.22. The number of carbonyl (C=O) groups is 2. The van der Waals surface area contributed by atoms with Crippen LogP contribution in [0.25, 0.3) is 0 Å². The Morgan fingerprint density at radius 2 is 1.92 bits per heavy atom. The summed E-state index contributed by atoms with van der Waals surface area (Å²) >= 11 is 0. The van der Waals surface area contributed by atoms with Crippen LogP contribution in [0.1, 0.15) is 19.8 Å². The van der Waals surface area contributed by atoms with Gasteiger partial charge in [0.2, 0.25) is 0 Å². The maximum Gasteiger partial charge on any atom is 0.166 e. The molecule has 0 heterocycles. The molecule has 0 amide bonds. The highest BCUT2D eigenvalue weighted by Gasteiger charge is 2.31. The van der Waals surface area contributed by atoms with Gasteiger partial charge in [0.1, 0.15) is 0 Å². The Morgan fingerprint density at radius 3 is 2.42 bits per heavy atom. The molecule has 0 saturated heterocycles. The smallest absolute Gasteiger partial charge is 0.166 e. The van der Waals surface area contributed by atoms with Crippen LogP contribution >= 0.6 is 0 Å². The van der Waals surface area contributed by atoms with Crippen molar-refractivity contribution < 1.29 is 9.59 Å². The van der Waals surface area contributed by atoms with E-state index in [9.17, 15) is 9.59 Å². The fraction of sp³-hybridized carbons (Fsp3) is 0.400. The number of carbonyl (C=O) groups excluding carboxylic acids is 2. The molecule has 0 aromatic rings. The molecule has 0 aliphatic heterocycles. The van der Waals surface area contributed by atoms with Gasteiger partial charge < -0.3 is 0 Å². The number of Topliss-reactive ketones (excluding diaryl/α,β-unsaturated/α-hetero) is 2. The molecule has 1 saturated carbocycles. The van der Waals surface area contributed by atoms with Crippen molar-refractivity contribution in [1.82, 2.24) is 0 Å². The van der Waals surface area contributed by atoms with E-state index in [-0.39, 0.29) is 17.5 Å². The average molecular weight is 164 g/mol. The van der Waals surface area contributed by atoms with E-state index in [0.717, 1.165) is 0 Å². The van der Waals surface area contributed by atoms with E-state index < -0.39 is 0 Å².